The predicted octanol–water partition coefficient (Wildman–Crippen LogP) is 3.38. The molecule has 0 heterocycles. The van der Waals surface area contributed by atoms with E-state index in [1.165, 1.54) is 7.11 Å². The molecule has 1 N–H and O–H groups in total. The van der Waals surface area contributed by atoms with Crippen molar-refractivity contribution in [1.29, 1.82) is 0 Å². The highest BCUT2D eigenvalue weighted by Gasteiger charge is 2.49. The van der Waals surface area contributed by atoms with Crippen LogP contribution in [0.2, 0.25) is 10.0 Å². The lowest BCUT2D eigenvalue weighted by Crippen LogP contribution is -2.36. The summed E-state index contributed by atoms with van der Waals surface area (Å²) in [5.41, 5.74) is 0.432. The summed E-state index contributed by atoms with van der Waals surface area (Å²) in [5.74, 6) is -0.762. The summed E-state index contributed by atoms with van der Waals surface area (Å²) in [6.45, 7) is 0. The van der Waals surface area contributed by atoms with Crippen molar-refractivity contribution >= 4 is 29.2 Å². The fraction of sp³-hybridized carbons (Fsp3) is 0.133. The molecule has 1 aliphatic rings. The summed E-state index contributed by atoms with van der Waals surface area (Å²) in [4.78, 5) is 12.1. The lowest BCUT2D eigenvalue weighted by Gasteiger charge is -2.22. The number of hydrogen-bond donors (Lipinski definition) is 1. The van der Waals surface area contributed by atoms with Gasteiger partial charge in [0.1, 0.15) is 0 Å². The van der Waals surface area contributed by atoms with Crippen LogP contribution < -0.4 is 0 Å². The second-order valence-corrected chi connectivity index (χ2v) is 5.45. The molecule has 5 heteroatoms. The summed E-state index contributed by atoms with van der Waals surface area (Å²) >= 11 is 12.0. The van der Waals surface area contributed by atoms with Crippen LogP contribution in [0.4, 0.5) is 0 Å². The van der Waals surface area contributed by atoms with Crippen LogP contribution in [0.3, 0.4) is 0 Å². The Bertz CT molecular complexity index is 674. The molecule has 0 spiro atoms. The van der Waals surface area contributed by atoms with Crippen LogP contribution in [-0.2, 0) is 15.1 Å². The normalized spacial score (nSPS) is 14.6. The third-order valence-corrected chi connectivity index (χ3v) is 3.98. The number of hydrogen-bond acceptors (Lipinski definition) is 3. The highest BCUT2D eigenvalue weighted by Crippen LogP contribution is 2.49. The van der Waals surface area contributed by atoms with Gasteiger partial charge in [-0.25, -0.2) is 4.79 Å². The molecule has 0 amide bonds. The molecule has 0 fully saturated rings. The molecule has 0 saturated heterocycles. The number of carbonyl (C=O) groups is 1. The van der Waals surface area contributed by atoms with Gasteiger partial charge in [-0.2, -0.15) is 0 Å². The SMILES string of the molecule is COC(=O)C1(O)c2cc(Cl)ccc2-c2ccc(Cl)cc21. The van der Waals surface area contributed by atoms with Gasteiger partial charge < -0.3 is 9.84 Å². The number of esters is 1. The van der Waals surface area contributed by atoms with E-state index in [1.54, 1.807) is 36.4 Å². The molecule has 0 aromatic heterocycles. The first-order chi connectivity index (χ1) is 9.48. The molecule has 3 nitrogen and oxygen atoms in total. The van der Waals surface area contributed by atoms with Crippen LogP contribution in [0.15, 0.2) is 36.4 Å². The molecular weight excluding hydrogens is 299 g/mol. The number of halogens is 2. The van der Waals surface area contributed by atoms with Gasteiger partial charge >= 0.3 is 5.97 Å². The molecule has 0 radical (unpaired) electrons. The van der Waals surface area contributed by atoms with Gasteiger partial charge in [0.15, 0.2) is 0 Å². The predicted molar refractivity (Wildman–Crippen MR) is 76.9 cm³/mol. The zero-order valence-corrected chi connectivity index (χ0v) is 12.0. The minimum absolute atomic E-state index is 0.411. The fourth-order valence-electron chi connectivity index (χ4n) is 2.61. The van der Waals surface area contributed by atoms with Crippen molar-refractivity contribution in [2.24, 2.45) is 0 Å². The van der Waals surface area contributed by atoms with E-state index in [1.807, 2.05) is 0 Å². The molecule has 0 saturated carbocycles. The number of rotatable bonds is 1. The van der Waals surface area contributed by atoms with Gasteiger partial charge in [-0.1, -0.05) is 35.3 Å². The molecule has 0 bridgehead atoms. The van der Waals surface area contributed by atoms with Crippen molar-refractivity contribution in [1.82, 2.24) is 0 Å². The highest BCUT2D eigenvalue weighted by molar-refractivity contribution is 6.31. The summed E-state index contributed by atoms with van der Waals surface area (Å²) in [6, 6.07) is 10.1. The van der Waals surface area contributed by atoms with Gasteiger partial charge in [-0.3, -0.25) is 0 Å². The lowest BCUT2D eigenvalue weighted by atomic mass is 9.91. The standard InChI is InChI=1S/C15H10Cl2O3/c1-20-14(18)15(19)12-6-8(16)2-4-10(12)11-5-3-9(17)7-13(11)15/h2-7,19H,1H3. The largest absolute Gasteiger partial charge is 0.466 e. The number of fused-ring (bicyclic) bond motifs is 3. The average molecular weight is 309 g/mol. The number of aliphatic hydroxyl groups is 1. The van der Waals surface area contributed by atoms with Gasteiger partial charge in [0, 0.05) is 21.2 Å². The van der Waals surface area contributed by atoms with Crippen molar-refractivity contribution in [3.05, 3.63) is 57.6 Å². The Morgan fingerprint density at radius 2 is 1.50 bits per heavy atom. The fourth-order valence-corrected chi connectivity index (χ4v) is 2.96. The Kier molecular flexibility index (Phi) is 3.01. The molecular formula is C15H10Cl2O3. The maximum Gasteiger partial charge on any atom is 0.347 e. The Morgan fingerprint density at radius 3 is 1.90 bits per heavy atom. The first-order valence-electron chi connectivity index (χ1n) is 5.89. The summed E-state index contributed by atoms with van der Waals surface area (Å²) in [7, 11) is 1.23. The number of benzene rings is 2. The molecule has 2 aromatic rings. The molecule has 20 heavy (non-hydrogen) atoms. The van der Waals surface area contributed by atoms with Crippen molar-refractivity contribution in [2.45, 2.75) is 5.60 Å². The van der Waals surface area contributed by atoms with E-state index >= 15 is 0 Å². The van der Waals surface area contributed by atoms with Gasteiger partial charge in [0.25, 0.3) is 0 Å². The van der Waals surface area contributed by atoms with Crippen LogP contribution in [0.5, 0.6) is 0 Å². The molecule has 0 atom stereocenters. The van der Waals surface area contributed by atoms with E-state index in [4.69, 9.17) is 27.9 Å². The molecule has 102 valence electrons. The third kappa shape index (κ3) is 1.67. The quantitative estimate of drug-likeness (QED) is 0.822. The second kappa shape index (κ2) is 4.48. The monoisotopic (exact) mass is 308 g/mol. The van der Waals surface area contributed by atoms with E-state index in [9.17, 15) is 9.90 Å². The Balaban J connectivity index is 2.38. The van der Waals surface area contributed by atoms with Gasteiger partial charge in [-0.15, -0.1) is 0 Å². The van der Waals surface area contributed by atoms with Gasteiger partial charge in [0.2, 0.25) is 5.60 Å². The summed E-state index contributed by atoms with van der Waals surface area (Å²) < 4.78 is 4.76. The van der Waals surface area contributed by atoms with E-state index in [0.29, 0.717) is 21.2 Å². The van der Waals surface area contributed by atoms with E-state index in [0.717, 1.165) is 11.1 Å². The molecule has 1 aliphatic carbocycles. The first kappa shape index (κ1) is 13.4. The van der Waals surface area contributed by atoms with Gasteiger partial charge in [-0.05, 0) is 35.4 Å². The summed E-state index contributed by atoms with van der Waals surface area (Å²) in [5, 5.41) is 11.8. The average Bonchev–Trinajstić information content (AvgIpc) is 2.68. The topological polar surface area (TPSA) is 46.5 Å². The number of ether oxygens (including phenoxy) is 1. The second-order valence-electron chi connectivity index (χ2n) is 4.58. The van der Waals surface area contributed by atoms with Crippen molar-refractivity contribution in [2.75, 3.05) is 7.11 Å². The van der Waals surface area contributed by atoms with Crippen molar-refractivity contribution < 1.29 is 14.6 Å². The van der Waals surface area contributed by atoms with Crippen LogP contribution in [0.1, 0.15) is 11.1 Å². The molecule has 0 aliphatic heterocycles. The van der Waals surface area contributed by atoms with E-state index in [2.05, 4.69) is 0 Å². The highest BCUT2D eigenvalue weighted by atomic mass is 35.5. The van der Waals surface area contributed by atoms with Crippen LogP contribution >= 0.6 is 23.2 Å². The zero-order chi connectivity index (χ0) is 14.5. The summed E-state index contributed by atoms with van der Waals surface area (Å²) in [6.07, 6.45) is 0. The molecule has 3 rings (SSSR count). The zero-order valence-electron chi connectivity index (χ0n) is 10.5. The molecule has 2 aromatic carbocycles. The minimum Gasteiger partial charge on any atom is -0.466 e. The maximum absolute atomic E-state index is 12.1. The molecule has 0 unspecified atom stereocenters. The number of carbonyl (C=O) groups excluding carboxylic acids is 1. The Morgan fingerprint density at radius 1 is 1.05 bits per heavy atom. The van der Waals surface area contributed by atoms with Gasteiger partial charge in [0.05, 0.1) is 7.11 Å². The van der Waals surface area contributed by atoms with Crippen molar-refractivity contribution in [3.63, 3.8) is 0 Å². The smallest absolute Gasteiger partial charge is 0.347 e. The number of methoxy groups -OCH3 is 1. The van der Waals surface area contributed by atoms with Crippen LogP contribution in [0.25, 0.3) is 11.1 Å². The Labute approximate surface area is 125 Å². The first-order valence-corrected chi connectivity index (χ1v) is 6.65. The third-order valence-electron chi connectivity index (χ3n) is 3.51. The van der Waals surface area contributed by atoms with Crippen LogP contribution in [0, 0.1) is 0 Å². The van der Waals surface area contributed by atoms with Crippen molar-refractivity contribution in [3.8, 4) is 11.1 Å². The minimum atomic E-state index is -1.88. The Hall–Kier alpha value is -1.55. The van der Waals surface area contributed by atoms with Crippen LogP contribution in [-0.4, -0.2) is 18.2 Å². The maximum atomic E-state index is 12.1. The van der Waals surface area contributed by atoms with E-state index in [-0.39, 0.29) is 0 Å². The lowest BCUT2D eigenvalue weighted by molar-refractivity contribution is -0.158. The van der Waals surface area contributed by atoms with E-state index < -0.39 is 11.6 Å².